The predicted octanol–water partition coefficient (Wildman–Crippen LogP) is 4.20. The number of nitrogens with one attached hydrogen (secondary N) is 2. The Morgan fingerprint density at radius 3 is 2.40 bits per heavy atom. The molecule has 0 saturated carbocycles. The third-order valence-corrected chi connectivity index (χ3v) is 7.09. The van der Waals surface area contributed by atoms with E-state index in [1.165, 1.54) is 35.6 Å². The van der Waals surface area contributed by atoms with Crippen LogP contribution in [0.4, 0.5) is 10.5 Å². The molecule has 4 aromatic rings. The van der Waals surface area contributed by atoms with E-state index in [1.807, 2.05) is 48.5 Å². The zero-order valence-corrected chi connectivity index (χ0v) is 19.9. The van der Waals surface area contributed by atoms with Crippen LogP contribution in [0.5, 0.6) is 5.75 Å². The smallest absolute Gasteiger partial charge is 0.411 e. The van der Waals surface area contributed by atoms with E-state index < -0.39 is 22.2 Å². The van der Waals surface area contributed by atoms with Crippen LogP contribution >= 0.6 is 11.3 Å². The number of carbonyl (C=O) groups is 1. The molecule has 0 aliphatic heterocycles. The summed E-state index contributed by atoms with van der Waals surface area (Å²) in [5.74, 6) is 0.552. The van der Waals surface area contributed by atoms with Crippen LogP contribution < -0.4 is 20.9 Å². The van der Waals surface area contributed by atoms with Crippen molar-refractivity contribution in [3.05, 3.63) is 89.3 Å². The number of nitrogens with two attached hydrogens (primary N) is 2. The van der Waals surface area contributed by atoms with Crippen molar-refractivity contribution in [1.82, 2.24) is 0 Å². The van der Waals surface area contributed by atoms with E-state index in [0.717, 1.165) is 15.6 Å². The molecule has 11 heteroatoms. The van der Waals surface area contributed by atoms with Crippen molar-refractivity contribution in [2.45, 2.75) is 11.0 Å². The number of amidine groups is 1. The Hall–Kier alpha value is -3.93. The molecule has 1 atom stereocenters. The minimum Gasteiger partial charge on any atom is -0.481 e. The van der Waals surface area contributed by atoms with Gasteiger partial charge in [-0.1, -0.05) is 36.4 Å². The number of hydrogen-bond acceptors (Lipinski definition) is 7. The molecular formula is C24H22N4O5S2. The first kappa shape index (κ1) is 24.2. The number of fused-ring (bicyclic) bond motifs is 1. The van der Waals surface area contributed by atoms with Gasteiger partial charge in [0.25, 0.3) is 0 Å². The van der Waals surface area contributed by atoms with Crippen LogP contribution in [-0.2, 0) is 14.8 Å². The number of anilines is 1. The van der Waals surface area contributed by atoms with Crippen molar-refractivity contribution in [3.63, 3.8) is 0 Å². The first-order chi connectivity index (χ1) is 16.7. The standard InChI is InChI=1S/C24H22N4O5S2/c25-23(26)22-13-18-19(7-4-8-21(18)34-22)33-20(15-5-2-1-3-6-15)14-32-24(29)28-16-9-11-17(12-10-16)35(27,30)31/h1-13,20H,14H2,(H3,25,26)(H,28,29)(H2,27,30,31). The third kappa shape index (κ3) is 5.96. The molecule has 0 aliphatic carbocycles. The molecule has 4 rings (SSSR count). The Kier molecular flexibility index (Phi) is 7.01. The molecule has 1 heterocycles. The summed E-state index contributed by atoms with van der Waals surface area (Å²) < 4.78 is 35.4. The number of rotatable bonds is 8. The molecule has 1 aromatic heterocycles. The summed E-state index contributed by atoms with van der Waals surface area (Å²) in [7, 11) is -3.83. The van der Waals surface area contributed by atoms with E-state index in [9.17, 15) is 13.2 Å². The van der Waals surface area contributed by atoms with Gasteiger partial charge >= 0.3 is 6.09 Å². The van der Waals surface area contributed by atoms with Gasteiger partial charge in [-0.15, -0.1) is 11.3 Å². The maximum atomic E-state index is 12.4. The van der Waals surface area contributed by atoms with E-state index in [2.05, 4.69) is 5.32 Å². The van der Waals surface area contributed by atoms with E-state index in [0.29, 0.717) is 16.3 Å². The molecule has 0 aliphatic rings. The number of benzene rings is 3. The lowest BCUT2D eigenvalue weighted by atomic mass is 10.1. The Labute approximate surface area is 205 Å². The average Bonchev–Trinajstić information content (AvgIpc) is 3.28. The fourth-order valence-corrected chi connectivity index (χ4v) is 4.78. The molecule has 180 valence electrons. The number of ether oxygens (including phenoxy) is 2. The van der Waals surface area contributed by atoms with Crippen LogP contribution in [0.15, 0.2) is 83.8 Å². The lowest BCUT2D eigenvalue weighted by Gasteiger charge is -2.20. The molecule has 6 N–H and O–H groups in total. The second-order valence-electron chi connectivity index (χ2n) is 7.50. The van der Waals surface area contributed by atoms with Gasteiger partial charge < -0.3 is 15.2 Å². The first-order valence-electron chi connectivity index (χ1n) is 10.4. The Bertz CT molecular complexity index is 1470. The van der Waals surface area contributed by atoms with Crippen LogP contribution in [0, 0.1) is 5.41 Å². The Balaban J connectivity index is 1.50. The summed E-state index contributed by atoms with van der Waals surface area (Å²) in [5.41, 5.74) is 6.80. The van der Waals surface area contributed by atoms with E-state index in [4.69, 9.17) is 25.8 Å². The summed E-state index contributed by atoms with van der Waals surface area (Å²) in [6, 6.07) is 22.1. The van der Waals surface area contributed by atoms with Crippen molar-refractivity contribution in [1.29, 1.82) is 5.41 Å². The monoisotopic (exact) mass is 510 g/mol. The summed E-state index contributed by atoms with van der Waals surface area (Å²) in [6.45, 7) is -0.0921. The Morgan fingerprint density at radius 1 is 1.03 bits per heavy atom. The largest absolute Gasteiger partial charge is 0.481 e. The zero-order chi connectivity index (χ0) is 25.0. The van der Waals surface area contributed by atoms with Crippen LogP contribution in [0.1, 0.15) is 16.5 Å². The van der Waals surface area contributed by atoms with Crippen molar-refractivity contribution in [2.24, 2.45) is 10.9 Å². The van der Waals surface area contributed by atoms with Gasteiger partial charge in [-0.25, -0.2) is 18.4 Å². The van der Waals surface area contributed by atoms with Gasteiger partial charge in [0.05, 0.1) is 9.77 Å². The fraction of sp³-hybridized carbons (Fsp3) is 0.0833. The maximum Gasteiger partial charge on any atom is 0.411 e. The van der Waals surface area contributed by atoms with Crippen molar-refractivity contribution >= 4 is 49.1 Å². The zero-order valence-electron chi connectivity index (χ0n) is 18.3. The number of primary sulfonamides is 1. The predicted molar refractivity (Wildman–Crippen MR) is 135 cm³/mol. The van der Waals surface area contributed by atoms with Crippen LogP contribution in [0.25, 0.3) is 10.1 Å². The molecule has 3 aromatic carbocycles. The van der Waals surface area contributed by atoms with Gasteiger partial charge in [-0.05, 0) is 48.0 Å². The molecule has 9 nitrogen and oxygen atoms in total. The first-order valence-corrected chi connectivity index (χ1v) is 12.7. The summed E-state index contributed by atoms with van der Waals surface area (Å²) in [4.78, 5) is 13.0. The normalized spacial score (nSPS) is 12.1. The van der Waals surface area contributed by atoms with Crippen LogP contribution in [0.2, 0.25) is 0 Å². The average molecular weight is 511 g/mol. The molecular weight excluding hydrogens is 488 g/mol. The minimum atomic E-state index is -3.83. The van der Waals surface area contributed by atoms with Gasteiger partial charge in [0.1, 0.15) is 18.2 Å². The second-order valence-corrected chi connectivity index (χ2v) is 10.1. The highest BCUT2D eigenvalue weighted by molar-refractivity contribution is 7.89. The molecule has 0 fully saturated rings. The van der Waals surface area contributed by atoms with Crippen LogP contribution in [-0.4, -0.2) is 27.0 Å². The highest BCUT2D eigenvalue weighted by Crippen LogP contribution is 2.35. The maximum absolute atomic E-state index is 12.4. The van der Waals surface area contributed by atoms with E-state index >= 15 is 0 Å². The molecule has 0 radical (unpaired) electrons. The van der Waals surface area contributed by atoms with Crippen LogP contribution in [0.3, 0.4) is 0 Å². The number of hydrogen-bond donors (Lipinski definition) is 4. The number of amides is 1. The number of sulfonamides is 1. The third-order valence-electron chi connectivity index (χ3n) is 5.02. The van der Waals surface area contributed by atoms with Crippen molar-refractivity contribution in [3.8, 4) is 5.75 Å². The Morgan fingerprint density at radius 2 is 1.74 bits per heavy atom. The minimum absolute atomic E-state index is 0.0196. The van der Waals surface area contributed by atoms with Gasteiger partial charge in [-0.2, -0.15) is 0 Å². The molecule has 1 amide bonds. The molecule has 0 saturated heterocycles. The molecule has 0 bridgehead atoms. The lowest BCUT2D eigenvalue weighted by Crippen LogP contribution is -2.21. The highest BCUT2D eigenvalue weighted by Gasteiger charge is 2.19. The van der Waals surface area contributed by atoms with Gasteiger partial charge in [-0.3, -0.25) is 10.7 Å². The molecule has 35 heavy (non-hydrogen) atoms. The van der Waals surface area contributed by atoms with Gasteiger partial charge in [0.15, 0.2) is 6.10 Å². The quantitative estimate of drug-likeness (QED) is 0.205. The second kappa shape index (κ2) is 10.1. The summed E-state index contributed by atoms with van der Waals surface area (Å²) in [6.07, 6.45) is -1.34. The topological polar surface area (TPSA) is 158 Å². The molecule has 1 unspecified atom stereocenters. The number of thiophene rings is 1. The van der Waals surface area contributed by atoms with Gasteiger partial charge in [0, 0.05) is 15.8 Å². The van der Waals surface area contributed by atoms with Crippen molar-refractivity contribution < 1.29 is 22.7 Å². The van der Waals surface area contributed by atoms with Gasteiger partial charge in [0.2, 0.25) is 10.0 Å². The van der Waals surface area contributed by atoms with E-state index in [1.54, 1.807) is 6.07 Å². The fourth-order valence-electron chi connectivity index (χ4n) is 3.32. The summed E-state index contributed by atoms with van der Waals surface area (Å²) >= 11 is 1.39. The molecule has 0 spiro atoms. The highest BCUT2D eigenvalue weighted by atomic mass is 32.2. The number of nitrogen functional groups attached to an aromatic ring is 1. The number of carbonyl (C=O) groups excluding carboxylic acids is 1. The SMILES string of the molecule is N=C(N)c1cc2c(OC(COC(=O)Nc3ccc(S(N)(=O)=O)cc3)c3ccccc3)cccc2s1. The van der Waals surface area contributed by atoms with Crippen molar-refractivity contribution in [2.75, 3.05) is 11.9 Å². The lowest BCUT2D eigenvalue weighted by molar-refractivity contribution is 0.0910. The summed E-state index contributed by atoms with van der Waals surface area (Å²) in [5, 5.41) is 16.2. The van der Waals surface area contributed by atoms with E-state index in [-0.39, 0.29) is 17.3 Å².